The summed E-state index contributed by atoms with van der Waals surface area (Å²) < 4.78 is 14.2. The van der Waals surface area contributed by atoms with E-state index in [1.807, 2.05) is 72.8 Å². The van der Waals surface area contributed by atoms with Crippen LogP contribution < -0.4 is 9.47 Å². The summed E-state index contributed by atoms with van der Waals surface area (Å²) in [7, 11) is 0. The van der Waals surface area contributed by atoms with E-state index in [2.05, 4.69) is 278 Å². The van der Waals surface area contributed by atoms with Gasteiger partial charge in [0.15, 0.2) is 0 Å². The number of rotatable bonds is 24. The van der Waals surface area contributed by atoms with Gasteiger partial charge in [-0.15, -0.1) is 0 Å². The Morgan fingerprint density at radius 1 is 0.306 bits per heavy atom. The van der Waals surface area contributed by atoms with Crippen LogP contribution in [0.25, 0.3) is 135 Å². The van der Waals surface area contributed by atoms with Crippen molar-refractivity contribution in [3.05, 3.63) is 324 Å². The van der Waals surface area contributed by atoms with Gasteiger partial charge < -0.3 is 9.47 Å². The van der Waals surface area contributed by atoms with E-state index < -0.39 is 0 Å². The van der Waals surface area contributed by atoms with Gasteiger partial charge in [0, 0.05) is 48.0 Å². The van der Waals surface area contributed by atoms with Gasteiger partial charge in [-0.25, -0.2) is 9.97 Å². The summed E-state index contributed by atoms with van der Waals surface area (Å²) in [6.07, 6.45) is 24.9. The summed E-state index contributed by atoms with van der Waals surface area (Å²) in [5.41, 5.74) is 18.4. The second kappa shape index (κ2) is 33.9. The number of hydrogen-bond acceptors (Lipinski definition) is 8. The fourth-order valence-electron chi connectivity index (χ4n) is 14.3. The lowest BCUT2D eigenvalue weighted by Crippen LogP contribution is -2.13. The minimum absolute atomic E-state index is 0.375. The van der Waals surface area contributed by atoms with Crippen molar-refractivity contribution in [3.8, 4) is 103 Å². The van der Waals surface area contributed by atoms with E-state index in [4.69, 9.17) is 19.4 Å². The van der Waals surface area contributed by atoms with Crippen LogP contribution in [-0.4, -0.2) is 43.1 Å². The summed E-state index contributed by atoms with van der Waals surface area (Å²) in [6.45, 7) is 10.2. The molecule has 526 valence electrons. The number of pyridine rings is 6. The third-order valence-electron chi connectivity index (χ3n) is 20.4. The standard InChI is InChI=1S/C100H84N6O2/c1-5-9-27-69(7-3)67-107-99-65-76(52-56-90-85-35-17-13-31-81(85)88(82-32-14-18-36-86(82)90)54-46-72-43-49-74(50-44-72)78-63-97(93-39-21-25-59-103-93)106-98(64-78)94-40-22-26-60-104-94)100(108-68-70(8-4)28-10-6-2)66-75(99)51-55-89-83-33-15-11-29-79(83)87(80-30-12-16-34-84(80)89)53-45-71-41-47-73(48-42-71)77-61-95(91-37-19-23-57-101-91)105-96(62-77)92-38-20-24-58-102-92/h11-26,29-50,53-54,57-66,69-70H,5-10,27-28,67-68H2,1-4H3/b53-45+,54-46+. The Kier molecular flexibility index (Phi) is 22.2. The highest BCUT2D eigenvalue weighted by Gasteiger charge is 2.20. The maximum Gasteiger partial charge on any atom is 0.136 e. The average molecular weight is 1400 g/mol. The highest BCUT2D eigenvalue weighted by Crippen LogP contribution is 2.39. The van der Waals surface area contributed by atoms with E-state index in [0.29, 0.717) is 36.5 Å². The van der Waals surface area contributed by atoms with E-state index >= 15 is 0 Å². The molecular formula is C100H84N6O2. The molecule has 0 N–H and O–H groups in total. The molecule has 15 aromatic rings. The first kappa shape index (κ1) is 70.8. The van der Waals surface area contributed by atoms with E-state index in [1.54, 1.807) is 24.8 Å². The Balaban J connectivity index is 0.788. The van der Waals surface area contributed by atoms with Crippen LogP contribution in [0.4, 0.5) is 0 Å². The Morgan fingerprint density at radius 2 is 0.611 bits per heavy atom. The minimum Gasteiger partial charge on any atom is -0.492 e. The summed E-state index contributed by atoms with van der Waals surface area (Å²) in [5, 5.41) is 8.74. The van der Waals surface area contributed by atoms with E-state index in [0.717, 1.165) is 207 Å². The van der Waals surface area contributed by atoms with E-state index in [-0.39, 0.29) is 0 Å². The molecule has 9 aromatic carbocycles. The number of hydrogen-bond donors (Lipinski definition) is 0. The zero-order valence-corrected chi connectivity index (χ0v) is 61.6. The molecule has 0 radical (unpaired) electrons. The summed E-state index contributed by atoms with van der Waals surface area (Å²) in [5.74, 6) is 17.3. The van der Waals surface area contributed by atoms with Crippen molar-refractivity contribution in [2.24, 2.45) is 11.8 Å². The summed E-state index contributed by atoms with van der Waals surface area (Å²) in [4.78, 5) is 28.6. The van der Waals surface area contributed by atoms with Gasteiger partial charge in [-0.1, -0.05) is 284 Å². The lowest BCUT2D eigenvalue weighted by molar-refractivity contribution is 0.227. The van der Waals surface area contributed by atoms with Gasteiger partial charge in [0.05, 0.1) is 69.9 Å². The third-order valence-corrected chi connectivity index (χ3v) is 20.4. The van der Waals surface area contributed by atoms with Crippen LogP contribution >= 0.6 is 0 Å². The van der Waals surface area contributed by atoms with Gasteiger partial charge in [0.25, 0.3) is 0 Å². The molecule has 108 heavy (non-hydrogen) atoms. The fraction of sp³-hybridized carbons (Fsp3) is 0.160. The van der Waals surface area contributed by atoms with Gasteiger partial charge in [0.1, 0.15) is 11.5 Å². The van der Waals surface area contributed by atoms with Crippen molar-refractivity contribution in [3.63, 3.8) is 0 Å². The van der Waals surface area contributed by atoms with Crippen molar-refractivity contribution in [2.75, 3.05) is 13.2 Å². The van der Waals surface area contributed by atoms with Crippen molar-refractivity contribution >= 4 is 67.4 Å². The van der Waals surface area contributed by atoms with Crippen molar-refractivity contribution in [1.29, 1.82) is 0 Å². The lowest BCUT2D eigenvalue weighted by atomic mass is 9.91. The number of nitrogens with zero attached hydrogens (tertiary/aromatic N) is 6. The zero-order valence-electron chi connectivity index (χ0n) is 61.6. The Bertz CT molecular complexity index is 5280. The number of benzene rings is 9. The molecule has 8 nitrogen and oxygen atoms in total. The van der Waals surface area contributed by atoms with Gasteiger partial charge in [0.2, 0.25) is 0 Å². The molecular weight excluding hydrogens is 1320 g/mol. The largest absolute Gasteiger partial charge is 0.492 e. The van der Waals surface area contributed by atoms with Gasteiger partial charge in [-0.05, 0) is 185 Å². The Morgan fingerprint density at radius 3 is 0.898 bits per heavy atom. The van der Waals surface area contributed by atoms with Crippen molar-refractivity contribution in [2.45, 2.75) is 79.1 Å². The minimum atomic E-state index is 0.375. The monoisotopic (exact) mass is 1400 g/mol. The number of unbranched alkanes of at least 4 members (excludes halogenated alkanes) is 2. The normalized spacial score (nSPS) is 12.0. The second-order valence-corrected chi connectivity index (χ2v) is 27.6. The van der Waals surface area contributed by atoms with Crippen LogP contribution in [-0.2, 0) is 0 Å². The summed E-state index contributed by atoms with van der Waals surface area (Å²) >= 11 is 0. The predicted molar refractivity (Wildman–Crippen MR) is 449 cm³/mol. The SMILES string of the molecule is CCCCC(CC)COc1cc(C#Cc2c3ccccc3c(/C=C/c3ccc(-c4cc(-c5ccccn5)nc(-c5ccccn5)c4)cc3)c3ccccc23)c(OCC(CC)CCCC)cc1C#Cc1c2ccccc2c(/C=C/c2ccc(-c3cc(-c4ccccn4)nc(-c4ccccn4)c3)cc2)c2ccccc12. The van der Waals surface area contributed by atoms with Crippen molar-refractivity contribution < 1.29 is 9.47 Å². The van der Waals surface area contributed by atoms with Crippen molar-refractivity contribution in [1.82, 2.24) is 29.9 Å². The fourth-order valence-corrected chi connectivity index (χ4v) is 14.3. The first-order valence-corrected chi connectivity index (χ1v) is 38.0. The first-order valence-electron chi connectivity index (χ1n) is 38.0. The molecule has 0 saturated carbocycles. The smallest absolute Gasteiger partial charge is 0.136 e. The number of aromatic nitrogens is 6. The van der Waals surface area contributed by atoms with Gasteiger partial charge in [-0.3, -0.25) is 19.9 Å². The average Bonchev–Trinajstić information content (AvgIpc) is 0.757. The lowest BCUT2D eigenvalue weighted by Gasteiger charge is -2.19. The number of ether oxygens (including phenoxy) is 2. The molecule has 0 bridgehead atoms. The summed E-state index contributed by atoms with van der Waals surface area (Å²) in [6, 6.07) is 88.3. The molecule has 0 aliphatic heterocycles. The maximum atomic E-state index is 7.10. The molecule has 0 spiro atoms. The molecule has 6 heterocycles. The maximum absolute atomic E-state index is 7.10. The molecule has 6 aromatic heterocycles. The van der Waals surface area contributed by atoms with Crippen LogP contribution in [0.2, 0.25) is 0 Å². The third kappa shape index (κ3) is 16.2. The predicted octanol–water partition coefficient (Wildman–Crippen LogP) is 25.0. The van der Waals surface area contributed by atoms with Gasteiger partial charge in [-0.2, -0.15) is 0 Å². The molecule has 0 aliphatic rings. The molecule has 15 rings (SSSR count). The molecule has 0 aliphatic carbocycles. The quantitative estimate of drug-likeness (QED) is 0.0335. The molecule has 8 heteroatoms. The Hall–Kier alpha value is -12.9. The zero-order chi connectivity index (χ0) is 73.4. The van der Waals surface area contributed by atoms with Crippen LogP contribution in [0.3, 0.4) is 0 Å². The topological polar surface area (TPSA) is 95.8 Å². The van der Waals surface area contributed by atoms with Crippen LogP contribution in [0.15, 0.2) is 280 Å². The van der Waals surface area contributed by atoms with Crippen LogP contribution in [0.5, 0.6) is 11.5 Å². The van der Waals surface area contributed by atoms with E-state index in [9.17, 15) is 0 Å². The molecule has 2 atom stereocenters. The molecule has 0 amide bonds. The first-order chi connectivity index (χ1) is 53.4. The van der Waals surface area contributed by atoms with Crippen LogP contribution in [0, 0.1) is 35.5 Å². The molecule has 0 saturated heterocycles. The molecule has 2 unspecified atom stereocenters. The second-order valence-electron chi connectivity index (χ2n) is 27.6. The van der Waals surface area contributed by atoms with E-state index in [1.165, 1.54) is 0 Å². The highest BCUT2D eigenvalue weighted by molar-refractivity contribution is 6.14. The Labute approximate surface area is 634 Å². The molecule has 0 fully saturated rings. The van der Waals surface area contributed by atoms with Gasteiger partial charge >= 0.3 is 0 Å². The number of fused-ring (bicyclic) bond motifs is 4. The van der Waals surface area contributed by atoms with Crippen LogP contribution in [0.1, 0.15) is 124 Å². The highest BCUT2D eigenvalue weighted by atomic mass is 16.5.